The summed E-state index contributed by atoms with van der Waals surface area (Å²) in [7, 11) is 0. The molecule has 0 saturated heterocycles. The van der Waals surface area contributed by atoms with Crippen LogP contribution in [-0.4, -0.2) is 40.9 Å². The van der Waals surface area contributed by atoms with Gasteiger partial charge in [0, 0.05) is 24.4 Å². The zero-order valence-corrected chi connectivity index (χ0v) is 24.6. The Hall–Kier alpha value is 0.503. The molecule has 10 heteroatoms. The van der Waals surface area contributed by atoms with E-state index in [9.17, 15) is 4.79 Å². The molecule has 0 unspecified atom stereocenters. The topological polar surface area (TPSA) is 115 Å². The molecule has 0 radical (unpaired) electrons. The van der Waals surface area contributed by atoms with Gasteiger partial charge >= 0.3 is 109 Å². The summed E-state index contributed by atoms with van der Waals surface area (Å²) in [5.41, 5.74) is 1.26. The second kappa shape index (κ2) is 15.3. The van der Waals surface area contributed by atoms with E-state index in [1.54, 1.807) is 11.1 Å². The number of ether oxygens (including phenoxy) is 2. The predicted octanol–water partition coefficient (Wildman–Crippen LogP) is -4.34. The van der Waals surface area contributed by atoms with Crippen LogP contribution in [0.3, 0.4) is 0 Å². The van der Waals surface area contributed by atoms with Gasteiger partial charge in [-0.2, -0.15) is 0 Å². The van der Waals surface area contributed by atoms with Crippen molar-refractivity contribution in [1.29, 1.82) is 0 Å². The number of amides is 1. The van der Waals surface area contributed by atoms with Crippen LogP contribution >= 0.6 is 0 Å². The Kier molecular flexibility index (Phi) is 16.7. The van der Waals surface area contributed by atoms with Gasteiger partial charge in [0.1, 0.15) is 5.60 Å². The quantitative estimate of drug-likeness (QED) is 0.422. The molecule has 0 spiro atoms. The van der Waals surface area contributed by atoms with E-state index >= 15 is 0 Å². The molecule has 0 aliphatic carbocycles. The number of aromatic nitrogens is 1. The van der Waals surface area contributed by atoms with Crippen molar-refractivity contribution >= 4 is 17.9 Å². The standard InChI is InChI=1S/C18H26N2O3.CH2O3.2K/c1-6-22-16-11-14(9-10-19-16)15-8-7-13(2)12-20(15)17(21)23-18(3,4)5;2-1(3)4;;/h8-11,13H,6-7,12H2,1-5H3;(H2,2,3,4);;/q;;2*+1/p-2/t13-;;;/m0.../s1. The molecule has 0 aromatic carbocycles. The van der Waals surface area contributed by atoms with Crippen LogP contribution in [0.5, 0.6) is 5.88 Å². The normalized spacial score (nSPS) is 15.4. The van der Waals surface area contributed by atoms with Gasteiger partial charge in [0.05, 0.1) is 12.3 Å². The Morgan fingerprint density at radius 1 is 1.28 bits per heavy atom. The second-order valence-corrected chi connectivity index (χ2v) is 7.09. The van der Waals surface area contributed by atoms with Crippen molar-refractivity contribution in [2.45, 2.75) is 46.6 Å². The molecule has 1 amide bonds. The molecular formula is C19H26K2N2O6. The molecular weight excluding hydrogens is 430 g/mol. The van der Waals surface area contributed by atoms with Gasteiger partial charge in [0.25, 0.3) is 0 Å². The van der Waals surface area contributed by atoms with Crippen molar-refractivity contribution in [2.75, 3.05) is 13.2 Å². The maximum atomic E-state index is 12.6. The maximum Gasteiger partial charge on any atom is 1.00 e. The number of hydrogen-bond donors (Lipinski definition) is 0. The van der Waals surface area contributed by atoms with Crippen LogP contribution in [0.25, 0.3) is 5.70 Å². The summed E-state index contributed by atoms with van der Waals surface area (Å²) in [6.45, 7) is 10.9. The average molecular weight is 457 g/mol. The van der Waals surface area contributed by atoms with Crippen LogP contribution < -0.4 is 118 Å². The molecule has 1 aliphatic heterocycles. The zero-order valence-electron chi connectivity index (χ0n) is 18.4. The molecule has 1 aliphatic rings. The molecule has 0 bridgehead atoms. The minimum Gasteiger partial charge on any atom is -0.652 e. The third-order valence-electron chi connectivity index (χ3n) is 3.44. The van der Waals surface area contributed by atoms with Crippen molar-refractivity contribution < 1.29 is 132 Å². The summed E-state index contributed by atoms with van der Waals surface area (Å²) in [4.78, 5) is 26.8. The summed E-state index contributed by atoms with van der Waals surface area (Å²) in [6.07, 6.45) is 2.07. The largest absolute Gasteiger partial charge is 1.00 e. The van der Waals surface area contributed by atoms with Gasteiger partial charge in [0.2, 0.25) is 5.88 Å². The van der Waals surface area contributed by atoms with Gasteiger partial charge in [-0.1, -0.05) is 13.0 Å². The molecule has 2 rings (SSSR count). The smallest absolute Gasteiger partial charge is 0.652 e. The number of nitrogens with zero attached hydrogens (tertiary/aromatic N) is 2. The summed E-state index contributed by atoms with van der Waals surface area (Å²) in [5, 5.41) is 16.7. The Balaban J connectivity index is 0. The summed E-state index contributed by atoms with van der Waals surface area (Å²) < 4.78 is 11.0. The number of rotatable bonds is 3. The van der Waals surface area contributed by atoms with E-state index < -0.39 is 11.8 Å². The van der Waals surface area contributed by atoms with Crippen LogP contribution in [0.1, 0.15) is 46.6 Å². The van der Waals surface area contributed by atoms with Crippen molar-refractivity contribution in [3.8, 4) is 5.88 Å². The Labute approximate surface area is 257 Å². The molecule has 0 saturated carbocycles. The van der Waals surface area contributed by atoms with Crippen molar-refractivity contribution in [3.63, 3.8) is 0 Å². The first-order valence-corrected chi connectivity index (χ1v) is 8.71. The number of carbonyl (C=O) groups is 2. The van der Waals surface area contributed by atoms with E-state index in [1.165, 1.54) is 0 Å². The molecule has 2 heterocycles. The maximum absolute atomic E-state index is 12.6. The van der Waals surface area contributed by atoms with Crippen LogP contribution in [0.15, 0.2) is 24.4 Å². The van der Waals surface area contributed by atoms with E-state index in [-0.39, 0.29) is 109 Å². The van der Waals surface area contributed by atoms with Gasteiger partial charge in [-0.25, -0.2) is 9.78 Å². The van der Waals surface area contributed by atoms with Crippen molar-refractivity contribution in [1.82, 2.24) is 9.88 Å². The third-order valence-corrected chi connectivity index (χ3v) is 3.44. The summed E-state index contributed by atoms with van der Waals surface area (Å²) >= 11 is 0. The van der Waals surface area contributed by atoms with Crippen LogP contribution in [0.4, 0.5) is 9.59 Å². The number of hydrogen-bond acceptors (Lipinski definition) is 7. The Bertz CT molecular complexity index is 688. The minimum atomic E-state index is -2.33. The summed E-state index contributed by atoms with van der Waals surface area (Å²) in [6, 6.07) is 3.75. The second-order valence-electron chi connectivity index (χ2n) is 7.09. The number of pyridine rings is 1. The summed E-state index contributed by atoms with van der Waals surface area (Å²) in [5.74, 6) is 0.966. The molecule has 0 N–H and O–H groups in total. The van der Waals surface area contributed by atoms with Crippen LogP contribution in [-0.2, 0) is 4.74 Å². The fourth-order valence-electron chi connectivity index (χ4n) is 2.47. The molecule has 150 valence electrons. The van der Waals surface area contributed by atoms with E-state index in [2.05, 4.69) is 18.0 Å². The molecule has 1 aromatic rings. The monoisotopic (exact) mass is 456 g/mol. The first-order valence-electron chi connectivity index (χ1n) is 8.71. The fourth-order valence-corrected chi connectivity index (χ4v) is 2.47. The van der Waals surface area contributed by atoms with E-state index in [4.69, 9.17) is 24.5 Å². The molecule has 1 aromatic heterocycles. The first kappa shape index (κ1) is 31.7. The van der Waals surface area contributed by atoms with Gasteiger partial charge in [-0.05, 0) is 52.3 Å². The van der Waals surface area contributed by atoms with E-state index in [0.717, 1.165) is 17.7 Å². The molecule has 1 atom stereocenters. The van der Waals surface area contributed by atoms with Crippen molar-refractivity contribution in [2.24, 2.45) is 5.92 Å². The zero-order chi connectivity index (χ0) is 20.6. The Morgan fingerprint density at radius 2 is 1.86 bits per heavy atom. The SMILES string of the molecule is CCOc1cc(C2=CC[C@H](C)CN2C(=O)OC(C)(C)C)ccn1.O=C([O-])[O-].[K+].[K+]. The van der Waals surface area contributed by atoms with Gasteiger partial charge in [-0.15, -0.1) is 0 Å². The molecule has 29 heavy (non-hydrogen) atoms. The molecule has 0 fully saturated rings. The number of carboxylic acid groups (broad SMARTS) is 2. The molecule has 8 nitrogen and oxygen atoms in total. The van der Waals surface area contributed by atoms with Crippen molar-refractivity contribution in [3.05, 3.63) is 30.0 Å². The van der Waals surface area contributed by atoms with E-state index in [1.807, 2.05) is 39.8 Å². The third kappa shape index (κ3) is 12.8. The van der Waals surface area contributed by atoms with Gasteiger partial charge < -0.3 is 24.5 Å². The first-order chi connectivity index (χ1) is 12.5. The average Bonchev–Trinajstić information content (AvgIpc) is 2.53. The predicted molar refractivity (Wildman–Crippen MR) is 95.5 cm³/mol. The minimum absolute atomic E-state index is 0. The van der Waals surface area contributed by atoms with E-state index in [0.29, 0.717) is 24.9 Å². The number of allylic oxidation sites excluding steroid dienone is 1. The fraction of sp³-hybridized carbons (Fsp3) is 0.526. The van der Waals surface area contributed by atoms with Gasteiger partial charge in [0.15, 0.2) is 0 Å². The number of carbonyl (C=O) groups excluding carboxylic acids is 2. The van der Waals surface area contributed by atoms with Gasteiger partial charge in [-0.3, -0.25) is 4.90 Å². The van der Waals surface area contributed by atoms with Crippen LogP contribution in [0, 0.1) is 5.92 Å². The Morgan fingerprint density at radius 3 is 2.38 bits per heavy atom. The van der Waals surface area contributed by atoms with Crippen LogP contribution in [0.2, 0.25) is 0 Å².